The van der Waals surface area contributed by atoms with E-state index in [0.717, 1.165) is 150 Å². The summed E-state index contributed by atoms with van der Waals surface area (Å²) in [6.45, 7) is 6.82. The van der Waals surface area contributed by atoms with Crippen LogP contribution in [0.4, 0.5) is 0 Å². The van der Waals surface area contributed by atoms with E-state index in [1.807, 2.05) is 277 Å². The number of unbranched alkanes of at least 4 members (excludes halogenated alkanes) is 8. The van der Waals surface area contributed by atoms with Crippen molar-refractivity contribution in [2.45, 2.75) is 154 Å². The zero-order chi connectivity index (χ0) is 106. The van der Waals surface area contributed by atoms with Crippen molar-refractivity contribution in [2.75, 3.05) is 89.1 Å². The molecule has 0 fully saturated rings. The Balaban J connectivity index is 0.000000408. The number of aliphatic hydroxyl groups excluding tert-OH is 6. The van der Waals surface area contributed by atoms with Crippen molar-refractivity contribution < 1.29 is 170 Å². The Kier molecular flexibility index (Phi) is 59.8. The van der Waals surface area contributed by atoms with Gasteiger partial charge in [-0.2, -0.15) is 6.42 Å². The number of phenols is 1. The molecule has 0 heterocycles. The summed E-state index contributed by atoms with van der Waals surface area (Å²) in [5, 5.41) is 66.2. The second-order valence-electron chi connectivity index (χ2n) is 33.7. The van der Waals surface area contributed by atoms with E-state index in [-0.39, 0.29) is 132 Å². The Labute approximate surface area is 918 Å². The van der Waals surface area contributed by atoms with Crippen LogP contribution < -0.4 is 80.4 Å². The van der Waals surface area contributed by atoms with Gasteiger partial charge in [-0.25, -0.2) is 9.59 Å². The average Bonchev–Trinajstić information content (AvgIpc) is 0.771. The maximum absolute atomic E-state index is 11.9. The number of benzene rings is 13. The van der Waals surface area contributed by atoms with Gasteiger partial charge in [-0.3, -0.25) is 11.1 Å². The molecule has 13 aromatic carbocycles. The first-order valence-corrected chi connectivity index (χ1v) is 49.1. The summed E-state index contributed by atoms with van der Waals surface area (Å²) in [6.07, 6.45) is 11.3. The third-order valence-corrected chi connectivity index (χ3v) is 25.0. The Hall–Kier alpha value is -12.5. The summed E-state index contributed by atoms with van der Waals surface area (Å²) < 4.78 is 77.5. The topological polar surface area (TPSA) is 399 Å². The van der Waals surface area contributed by atoms with Gasteiger partial charge < -0.3 is 118 Å². The summed E-state index contributed by atoms with van der Waals surface area (Å²) in [4.78, 5) is 42.3. The van der Waals surface area contributed by atoms with Crippen LogP contribution in [-0.2, 0) is 112 Å². The van der Waals surface area contributed by atoms with Crippen molar-refractivity contribution in [3.63, 3.8) is 0 Å². The molecule has 0 unspecified atom stereocenters. The van der Waals surface area contributed by atoms with Crippen LogP contribution in [0.3, 0.4) is 0 Å². The van der Waals surface area contributed by atoms with Crippen LogP contribution in [0, 0.1) is 27.7 Å². The zero-order valence-electron chi connectivity index (χ0n) is 88.1. The van der Waals surface area contributed by atoms with Crippen LogP contribution in [0.5, 0.6) is 57.5 Å². The number of ether oxygens (including phenoxy) is 14. The Morgan fingerprint density at radius 1 is 0.307 bits per heavy atom. The van der Waals surface area contributed by atoms with Gasteiger partial charge >= 0.3 is 55.6 Å². The SMILES string of the molecule is COC(=O)CBr.COC(=O)COc1c(CO)cc(C)cc1CO.COC(=O)COc1c(CO)cc(C)cc1COC(c1ccccc1)(c1ccc(OC)cc1)c1ccc(OC)cc1.COc1ccc(C(Cl)(c2ccccc2)c2ccc(OC)cc2)cc1.COc1ccc(C(OCc2cc(C)cc(CO)c2OCCCCCCCCCC[C-]=O)(c2ccccc2)c2ccc(OC)cc2)cc1.Cc1cc(CO)c(O)c(CO)c1.[Li+].[Li+].[OH-].[OH-]. The third kappa shape index (κ3) is 37.3. The number of carbonyl (C=O) groups is 3. The third-order valence-electron chi connectivity index (χ3n) is 23.9. The first-order valence-electron chi connectivity index (χ1n) is 47.6. The number of methoxy groups -OCH3 is 9. The number of carbonyl (C=O) groups excluding carboxylic acids is 4. The number of alkyl halides is 2. The molecule has 9 N–H and O–H groups in total. The first-order chi connectivity index (χ1) is 70.8. The van der Waals surface area contributed by atoms with E-state index in [4.69, 9.17) is 78.7 Å². The number of halogens is 2. The van der Waals surface area contributed by atoms with Crippen LogP contribution in [-0.4, -0.2) is 160 Å². The molecule has 0 atom stereocenters. The van der Waals surface area contributed by atoms with Crippen molar-refractivity contribution in [3.8, 4) is 57.5 Å². The number of hydrogen-bond donors (Lipinski definition) is 7. The molecule has 0 aliphatic heterocycles. The number of rotatable bonds is 46. The van der Waals surface area contributed by atoms with Crippen LogP contribution in [0.1, 0.15) is 175 Å². The molecule has 0 saturated carbocycles. The normalized spacial score (nSPS) is 10.6. The predicted octanol–water partition coefficient (Wildman–Crippen LogP) is 15.2. The maximum Gasteiger partial charge on any atom is 1.00 e. The molecular weight excluding hydrogens is 1990 g/mol. The van der Waals surface area contributed by atoms with Gasteiger partial charge in [0.2, 0.25) is 0 Å². The fraction of sp³-hybridized carbons (Fsp3) is 0.311. The van der Waals surface area contributed by atoms with Crippen LogP contribution >= 0.6 is 27.5 Å². The summed E-state index contributed by atoms with van der Waals surface area (Å²) in [7, 11) is 13.8. The van der Waals surface area contributed by atoms with Crippen LogP contribution in [0.25, 0.3) is 0 Å². The second-order valence-corrected chi connectivity index (χ2v) is 34.8. The van der Waals surface area contributed by atoms with E-state index in [1.165, 1.54) is 40.6 Å². The van der Waals surface area contributed by atoms with Crippen molar-refractivity contribution in [2.24, 2.45) is 0 Å². The predicted molar refractivity (Wildman–Crippen MR) is 572 cm³/mol. The van der Waals surface area contributed by atoms with Gasteiger partial charge in [0.25, 0.3) is 0 Å². The molecule has 0 amide bonds. The second kappa shape index (κ2) is 69.1. The van der Waals surface area contributed by atoms with Crippen molar-refractivity contribution >= 4 is 51.7 Å². The monoisotopic (exact) mass is 2130 g/mol. The summed E-state index contributed by atoms with van der Waals surface area (Å²) >= 11 is 10.1. The maximum atomic E-state index is 11.9. The largest absolute Gasteiger partial charge is 1.00 e. The summed E-state index contributed by atoms with van der Waals surface area (Å²) in [5.74, 6) is 4.73. The van der Waals surface area contributed by atoms with Crippen LogP contribution in [0.15, 0.2) is 285 Å². The minimum Gasteiger partial charge on any atom is -0.870 e. The summed E-state index contributed by atoms with van der Waals surface area (Å²) in [6, 6.07) is 92.3. The zero-order valence-corrected chi connectivity index (χ0v) is 90.5. The minimum atomic E-state index is -1.04. The quantitative estimate of drug-likeness (QED) is 0.00354. The van der Waals surface area contributed by atoms with Crippen molar-refractivity contribution in [3.05, 3.63) is 402 Å². The average molecular weight is 2130 g/mol. The number of aliphatic hydroxyl groups is 6. The Bertz CT molecular complexity index is 5900. The molecule has 0 aliphatic carbocycles. The van der Waals surface area contributed by atoms with Gasteiger partial charge in [-0.15, -0.1) is 11.6 Å². The number of aryl methyl sites for hydroxylation is 4. The molecule has 31 heteroatoms. The van der Waals surface area contributed by atoms with Gasteiger partial charge in [-0.1, -0.05) is 295 Å². The molecule has 27 nitrogen and oxygen atoms in total. The number of hydrogen-bond acceptors (Lipinski definition) is 27. The molecule has 0 bridgehead atoms. The van der Waals surface area contributed by atoms with Gasteiger partial charge in [0.1, 0.15) is 78.9 Å². The molecule has 0 aliphatic rings. The van der Waals surface area contributed by atoms with E-state index >= 15 is 0 Å². The smallest absolute Gasteiger partial charge is 0.870 e. The molecule has 13 rings (SSSR count). The van der Waals surface area contributed by atoms with Gasteiger partial charge in [-0.05, 0) is 157 Å². The van der Waals surface area contributed by atoms with Gasteiger partial charge in [0, 0.05) is 44.5 Å². The van der Waals surface area contributed by atoms with Gasteiger partial charge in [0.15, 0.2) is 13.2 Å². The standard InChI is InChI=1S/C41H49O6.C33H34O7.C21H19ClO2.C12H16O5.C9H12O3.C3H5BrO2.2Li.2H2O/c1-32-28-33(30-43)40(46-27-15-10-8-6-4-5-7-9-14-26-42)34(29-32)31-47-41(35-16-12-11-13-17-35,36-18-22-38(44-2)23-19-36)37-20-24-39(45-3)25-21-37;1-23-18-24(20-34)32(39-22-31(35)38-4)25(19-23)21-40-33(26-8-6-5-7-9-26,27-10-14-29(36-2)15-11-27)28-12-16-30(37-3)17-13-28;1-23-19-12-8-17(9-13-19)21(22,16-6-4-3-5-7-16)18-10-14-20(24-2)15-11-18;1-8-3-9(5-13)12(10(4-8)6-14)17-7-11(15)16-2;1-6-2-7(4-10)9(12)8(3-6)5-11;1-6-3(5)2-4;;;;/h11-13,16-25,28-29,43H,4-10,14-15,27,30-31H2,1-3H3;5-19,34H,20-22H2,1-4H3;3-15H,1-2H3;3-4,13-14H,5-7H2,1-2H3;2-3,10-12H,4-5H2,1H3;2H2,1H3;;;2*1H2/q-1;;;;;;2*+1;;/p-2. The van der Waals surface area contributed by atoms with E-state index in [2.05, 4.69) is 43.6 Å². The molecule has 0 saturated heterocycles. The molecule has 792 valence electrons. The van der Waals surface area contributed by atoms with E-state index in [1.54, 1.807) is 66.9 Å². The Morgan fingerprint density at radius 3 is 0.787 bits per heavy atom. The molecule has 0 aromatic heterocycles. The van der Waals surface area contributed by atoms with E-state index < -0.39 is 28.0 Å². The number of aromatic hydroxyl groups is 1. The van der Waals surface area contributed by atoms with E-state index in [0.29, 0.717) is 63.7 Å². The first kappa shape index (κ1) is 130. The summed E-state index contributed by atoms with van der Waals surface area (Å²) in [5.41, 5.74) is 15.2. The molecule has 0 spiro atoms. The Morgan fingerprint density at radius 2 is 0.533 bits per heavy atom. The molecule has 13 aromatic rings. The van der Waals surface area contributed by atoms with Gasteiger partial charge in [0.05, 0.1) is 123 Å². The van der Waals surface area contributed by atoms with E-state index in [9.17, 15) is 44.7 Å². The van der Waals surface area contributed by atoms with Crippen molar-refractivity contribution in [1.29, 1.82) is 0 Å². The minimum absolute atomic E-state index is 0. The van der Waals surface area contributed by atoms with Crippen molar-refractivity contribution in [1.82, 2.24) is 0 Å². The fourth-order valence-electron chi connectivity index (χ4n) is 16.5. The van der Waals surface area contributed by atoms with Crippen LogP contribution in [0.2, 0.25) is 0 Å². The molecular formula is C119H137BrClLi2O27-. The molecule has 150 heavy (non-hydrogen) atoms. The number of esters is 3. The molecule has 0 radical (unpaired) electrons. The fourth-order valence-corrected chi connectivity index (χ4v) is 17.1.